The summed E-state index contributed by atoms with van der Waals surface area (Å²) in [6.45, 7) is 2.01. The lowest BCUT2D eigenvalue weighted by Crippen LogP contribution is -2.59. The normalized spacial score (nSPS) is 28.1. The molecule has 3 fully saturated rings. The van der Waals surface area contributed by atoms with Crippen LogP contribution in [0.25, 0.3) is 0 Å². The Morgan fingerprint density at radius 1 is 1.10 bits per heavy atom. The number of ether oxygens (including phenoxy) is 1. The molecule has 21 heavy (non-hydrogen) atoms. The van der Waals surface area contributed by atoms with Crippen LogP contribution in [0.1, 0.15) is 51.4 Å². The van der Waals surface area contributed by atoms with E-state index in [1.165, 1.54) is 12.8 Å². The summed E-state index contributed by atoms with van der Waals surface area (Å²) >= 11 is 0. The zero-order chi connectivity index (χ0) is 14.7. The molecule has 118 valence electrons. The maximum absolute atomic E-state index is 12.6. The molecule has 1 saturated heterocycles. The largest absolute Gasteiger partial charge is 0.381 e. The predicted molar refractivity (Wildman–Crippen MR) is 78.6 cm³/mol. The molecule has 0 radical (unpaired) electrons. The molecule has 1 unspecified atom stereocenters. The molecule has 1 atom stereocenters. The average Bonchev–Trinajstić information content (AvgIpc) is 3.23. The SMILES string of the molecule is O=C(NC1(C(=O)NCC2CC2)CCCC1)C1CCCOC1. The van der Waals surface area contributed by atoms with Crippen LogP contribution < -0.4 is 10.6 Å². The first kappa shape index (κ1) is 14.8. The summed E-state index contributed by atoms with van der Waals surface area (Å²) in [6.07, 6.45) is 7.80. The van der Waals surface area contributed by atoms with Crippen LogP contribution in [0.4, 0.5) is 0 Å². The van der Waals surface area contributed by atoms with Gasteiger partial charge in [-0.3, -0.25) is 9.59 Å². The molecule has 2 N–H and O–H groups in total. The van der Waals surface area contributed by atoms with Crippen molar-refractivity contribution < 1.29 is 14.3 Å². The molecular weight excluding hydrogens is 268 g/mol. The number of carbonyl (C=O) groups is 2. The lowest BCUT2D eigenvalue weighted by Gasteiger charge is -2.32. The van der Waals surface area contributed by atoms with Crippen molar-refractivity contribution in [2.75, 3.05) is 19.8 Å². The number of hydrogen-bond donors (Lipinski definition) is 2. The lowest BCUT2D eigenvalue weighted by atomic mass is 9.93. The molecular formula is C16H26N2O3. The molecule has 3 rings (SSSR count). The molecule has 0 bridgehead atoms. The van der Waals surface area contributed by atoms with Gasteiger partial charge in [0, 0.05) is 13.2 Å². The second-order valence-electron chi connectivity index (χ2n) is 6.85. The number of carbonyl (C=O) groups excluding carboxylic acids is 2. The molecule has 0 spiro atoms. The number of amides is 2. The zero-order valence-corrected chi connectivity index (χ0v) is 12.7. The summed E-state index contributed by atoms with van der Waals surface area (Å²) in [5.41, 5.74) is -0.663. The highest BCUT2D eigenvalue weighted by Crippen LogP contribution is 2.32. The predicted octanol–water partition coefficient (Wildman–Crippen LogP) is 1.37. The number of nitrogens with one attached hydrogen (secondary N) is 2. The first-order valence-electron chi connectivity index (χ1n) is 8.38. The molecule has 2 saturated carbocycles. The Morgan fingerprint density at radius 3 is 2.48 bits per heavy atom. The van der Waals surface area contributed by atoms with Gasteiger partial charge in [-0.15, -0.1) is 0 Å². The molecule has 2 aliphatic carbocycles. The highest BCUT2D eigenvalue weighted by atomic mass is 16.5. The van der Waals surface area contributed by atoms with Crippen molar-refractivity contribution in [3.05, 3.63) is 0 Å². The van der Waals surface area contributed by atoms with Crippen LogP contribution in [-0.2, 0) is 14.3 Å². The molecule has 3 aliphatic rings. The fraction of sp³-hybridized carbons (Fsp3) is 0.875. The molecule has 0 aromatic heterocycles. The minimum atomic E-state index is -0.663. The van der Waals surface area contributed by atoms with E-state index in [0.717, 1.165) is 51.7 Å². The first-order chi connectivity index (χ1) is 10.2. The Kier molecular flexibility index (Phi) is 4.48. The number of rotatable bonds is 5. The Hall–Kier alpha value is -1.10. The van der Waals surface area contributed by atoms with Crippen molar-refractivity contribution in [2.24, 2.45) is 11.8 Å². The van der Waals surface area contributed by atoms with Crippen molar-refractivity contribution in [1.82, 2.24) is 10.6 Å². The van der Waals surface area contributed by atoms with Crippen LogP contribution >= 0.6 is 0 Å². The molecule has 1 heterocycles. The van der Waals surface area contributed by atoms with E-state index in [9.17, 15) is 9.59 Å². The van der Waals surface area contributed by atoms with Gasteiger partial charge in [-0.2, -0.15) is 0 Å². The quantitative estimate of drug-likeness (QED) is 0.804. The minimum Gasteiger partial charge on any atom is -0.381 e. The summed E-state index contributed by atoms with van der Waals surface area (Å²) in [5.74, 6) is 0.595. The van der Waals surface area contributed by atoms with E-state index in [1.54, 1.807) is 0 Å². The van der Waals surface area contributed by atoms with Crippen molar-refractivity contribution in [2.45, 2.75) is 56.9 Å². The summed E-state index contributed by atoms with van der Waals surface area (Å²) < 4.78 is 5.39. The van der Waals surface area contributed by atoms with E-state index in [2.05, 4.69) is 10.6 Å². The Morgan fingerprint density at radius 2 is 1.86 bits per heavy atom. The number of hydrogen-bond acceptors (Lipinski definition) is 3. The van der Waals surface area contributed by atoms with Crippen molar-refractivity contribution in [3.8, 4) is 0 Å². The van der Waals surface area contributed by atoms with Gasteiger partial charge in [0.25, 0.3) is 0 Å². The van der Waals surface area contributed by atoms with E-state index >= 15 is 0 Å². The van der Waals surface area contributed by atoms with Gasteiger partial charge in [-0.05, 0) is 44.4 Å². The van der Waals surface area contributed by atoms with Gasteiger partial charge in [0.15, 0.2) is 0 Å². The Labute approximate surface area is 126 Å². The molecule has 2 amide bonds. The Balaban J connectivity index is 1.59. The van der Waals surface area contributed by atoms with Crippen molar-refractivity contribution in [3.63, 3.8) is 0 Å². The summed E-state index contributed by atoms with van der Waals surface area (Å²) in [7, 11) is 0. The van der Waals surface area contributed by atoms with Crippen LogP contribution in [-0.4, -0.2) is 37.1 Å². The molecule has 1 aliphatic heterocycles. The van der Waals surface area contributed by atoms with Crippen molar-refractivity contribution >= 4 is 11.8 Å². The van der Waals surface area contributed by atoms with E-state index in [-0.39, 0.29) is 17.7 Å². The van der Waals surface area contributed by atoms with Crippen LogP contribution in [0, 0.1) is 11.8 Å². The maximum atomic E-state index is 12.6. The van der Waals surface area contributed by atoms with E-state index in [4.69, 9.17) is 4.74 Å². The molecule has 5 heteroatoms. The van der Waals surface area contributed by atoms with Crippen LogP contribution in [0.2, 0.25) is 0 Å². The highest BCUT2D eigenvalue weighted by molar-refractivity contribution is 5.92. The van der Waals surface area contributed by atoms with Gasteiger partial charge in [0.05, 0.1) is 12.5 Å². The van der Waals surface area contributed by atoms with Gasteiger partial charge in [0.2, 0.25) is 11.8 Å². The average molecular weight is 294 g/mol. The third-order valence-electron chi connectivity index (χ3n) is 5.03. The van der Waals surface area contributed by atoms with Crippen LogP contribution in [0.5, 0.6) is 0 Å². The standard InChI is InChI=1S/C16H26N2O3/c19-14(13-4-3-9-21-11-13)18-16(7-1-2-8-16)15(20)17-10-12-5-6-12/h12-13H,1-11H2,(H,17,20)(H,18,19). The maximum Gasteiger partial charge on any atom is 0.245 e. The highest BCUT2D eigenvalue weighted by Gasteiger charge is 2.43. The van der Waals surface area contributed by atoms with E-state index < -0.39 is 5.54 Å². The van der Waals surface area contributed by atoms with Gasteiger partial charge >= 0.3 is 0 Å². The van der Waals surface area contributed by atoms with Crippen LogP contribution in [0.15, 0.2) is 0 Å². The van der Waals surface area contributed by atoms with Gasteiger partial charge in [-0.1, -0.05) is 12.8 Å². The zero-order valence-electron chi connectivity index (χ0n) is 12.7. The topological polar surface area (TPSA) is 67.4 Å². The second kappa shape index (κ2) is 6.34. The monoisotopic (exact) mass is 294 g/mol. The second-order valence-corrected chi connectivity index (χ2v) is 6.85. The molecule has 0 aromatic rings. The molecule has 0 aromatic carbocycles. The minimum absolute atomic E-state index is 0.00169. The lowest BCUT2D eigenvalue weighted by molar-refractivity contribution is -0.137. The van der Waals surface area contributed by atoms with Crippen LogP contribution in [0.3, 0.4) is 0 Å². The molecule has 5 nitrogen and oxygen atoms in total. The fourth-order valence-electron chi connectivity index (χ4n) is 3.40. The smallest absolute Gasteiger partial charge is 0.245 e. The third kappa shape index (κ3) is 3.57. The van der Waals surface area contributed by atoms with Crippen molar-refractivity contribution in [1.29, 1.82) is 0 Å². The van der Waals surface area contributed by atoms with E-state index in [1.807, 2.05) is 0 Å². The summed E-state index contributed by atoms with van der Waals surface area (Å²) in [5, 5.41) is 6.13. The summed E-state index contributed by atoms with van der Waals surface area (Å²) in [4.78, 5) is 25.0. The summed E-state index contributed by atoms with van der Waals surface area (Å²) in [6, 6.07) is 0. The van der Waals surface area contributed by atoms with Gasteiger partial charge in [0.1, 0.15) is 5.54 Å². The van der Waals surface area contributed by atoms with Gasteiger partial charge < -0.3 is 15.4 Å². The third-order valence-corrected chi connectivity index (χ3v) is 5.03. The Bertz CT molecular complexity index is 394. The van der Waals surface area contributed by atoms with E-state index in [0.29, 0.717) is 12.5 Å². The first-order valence-corrected chi connectivity index (χ1v) is 8.38. The van der Waals surface area contributed by atoms with Gasteiger partial charge in [-0.25, -0.2) is 0 Å². The fourth-order valence-corrected chi connectivity index (χ4v) is 3.40.